The number of benzene rings is 1. The van der Waals surface area contributed by atoms with Crippen molar-refractivity contribution in [3.05, 3.63) is 34.3 Å². The highest BCUT2D eigenvalue weighted by molar-refractivity contribution is 9.10. The first kappa shape index (κ1) is 15.5. The van der Waals surface area contributed by atoms with Gasteiger partial charge >= 0.3 is 5.97 Å². The van der Waals surface area contributed by atoms with Crippen LogP contribution in [0.1, 0.15) is 23.2 Å². The predicted molar refractivity (Wildman–Crippen MR) is 77.3 cm³/mol. The minimum atomic E-state index is -0.221. The molecular weight excluding hydrogens is 318 g/mol. The lowest BCUT2D eigenvalue weighted by atomic mass is 10.1. The molecule has 5 heteroatoms. The molecule has 0 bridgehead atoms. The van der Waals surface area contributed by atoms with Crippen molar-refractivity contribution in [1.82, 2.24) is 4.90 Å². The molecule has 1 heterocycles. The van der Waals surface area contributed by atoms with Gasteiger partial charge in [-0.25, -0.2) is 4.79 Å². The van der Waals surface area contributed by atoms with Gasteiger partial charge in [0, 0.05) is 17.6 Å². The molecule has 0 aliphatic carbocycles. The van der Waals surface area contributed by atoms with Crippen LogP contribution in [0.4, 0.5) is 0 Å². The van der Waals surface area contributed by atoms with Crippen LogP contribution in [-0.4, -0.2) is 37.1 Å². The molecule has 18 heavy (non-hydrogen) atoms. The fourth-order valence-corrected chi connectivity index (χ4v) is 2.34. The van der Waals surface area contributed by atoms with Crippen LogP contribution in [-0.2, 0) is 4.74 Å². The summed E-state index contributed by atoms with van der Waals surface area (Å²) in [7, 11) is 2.09. The first-order valence-corrected chi connectivity index (χ1v) is 6.59. The summed E-state index contributed by atoms with van der Waals surface area (Å²) in [5, 5.41) is 0. The Kier molecular flexibility index (Phi) is 6.12. The normalized spacial score (nSPS) is 17.0. The molecule has 0 unspecified atom stereocenters. The zero-order chi connectivity index (χ0) is 12.3. The van der Waals surface area contributed by atoms with Crippen LogP contribution in [0, 0.1) is 0 Å². The van der Waals surface area contributed by atoms with E-state index in [0.29, 0.717) is 5.56 Å². The third-order valence-corrected chi connectivity index (χ3v) is 3.49. The predicted octanol–water partition coefficient (Wildman–Crippen LogP) is 3.12. The Morgan fingerprint density at radius 3 is 2.67 bits per heavy atom. The lowest BCUT2D eigenvalue weighted by Crippen LogP contribution is -2.35. The van der Waals surface area contributed by atoms with Crippen molar-refractivity contribution in [2.24, 2.45) is 0 Å². The highest BCUT2D eigenvalue weighted by atomic mass is 79.9. The van der Waals surface area contributed by atoms with Crippen molar-refractivity contribution in [3.8, 4) is 0 Å². The van der Waals surface area contributed by atoms with Gasteiger partial charge in [0.25, 0.3) is 0 Å². The van der Waals surface area contributed by atoms with E-state index in [0.717, 1.165) is 30.4 Å². The number of likely N-dealkylation sites (tertiary alicyclic amines) is 1. The van der Waals surface area contributed by atoms with Gasteiger partial charge in [-0.15, -0.1) is 12.4 Å². The molecule has 0 radical (unpaired) electrons. The third-order valence-electron chi connectivity index (χ3n) is 3.00. The largest absolute Gasteiger partial charge is 0.459 e. The quantitative estimate of drug-likeness (QED) is 0.778. The number of rotatable bonds is 2. The van der Waals surface area contributed by atoms with Gasteiger partial charge in [0.05, 0.1) is 5.56 Å². The van der Waals surface area contributed by atoms with Gasteiger partial charge < -0.3 is 9.64 Å². The number of carbonyl (C=O) groups excluding carboxylic acids is 1. The van der Waals surface area contributed by atoms with E-state index >= 15 is 0 Å². The summed E-state index contributed by atoms with van der Waals surface area (Å²) in [4.78, 5) is 14.1. The van der Waals surface area contributed by atoms with Crippen LogP contribution in [0.5, 0.6) is 0 Å². The molecule has 0 amide bonds. The van der Waals surface area contributed by atoms with E-state index < -0.39 is 0 Å². The third kappa shape index (κ3) is 4.26. The molecule has 2 rings (SSSR count). The Labute approximate surface area is 122 Å². The first-order valence-electron chi connectivity index (χ1n) is 5.80. The Morgan fingerprint density at radius 2 is 2.06 bits per heavy atom. The van der Waals surface area contributed by atoms with Gasteiger partial charge in [-0.2, -0.15) is 0 Å². The Hall–Kier alpha value is -0.580. The highest BCUT2D eigenvalue weighted by Crippen LogP contribution is 2.17. The standard InChI is InChI=1S/C13H16BrNO2.ClH/c1-15-7-5-12(6-8-15)17-13(16)10-3-2-4-11(14)9-10;/h2-4,9,12H,5-8H2,1H3;1H. The second-order valence-electron chi connectivity index (χ2n) is 4.42. The Balaban J connectivity index is 0.00000162. The number of piperidine rings is 1. The fraction of sp³-hybridized carbons (Fsp3) is 0.462. The topological polar surface area (TPSA) is 29.5 Å². The molecule has 0 N–H and O–H groups in total. The van der Waals surface area contributed by atoms with Gasteiger partial charge in [0.2, 0.25) is 0 Å². The first-order chi connectivity index (χ1) is 8.15. The lowest BCUT2D eigenvalue weighted by molar-refractivity contribution is 0.0139. The number of nitrogens with zero attached hydrogens (tertiary/aromatic N) is 1. The number of halogens is 2. The zero-order valence-electron chi connectivity index (χ0n) is 10.3. The van der Waals surface area contributed by atoms with Crippen LogP contribution in [0.15, 0.2) is 28.7 Å². The number of hydrogen-bond acceptors (Lipinski definition) is 3. The Morgan fingerprint density at radius 1 is 1.39 bits per heavy atom. The van der Waals surface area contributed by atoms with Gasteiger partial charge in [0.15, 0.2) is 0 Å². The molecule has 0 aromatic heterocycles. The van der Waals surface area contributed by atoms with Crippen molar-refractivity contribution < 1.29 is 9.53 Å². The summed E-state index contributed by atoms with van der Waals surface area (Å²) in [5.41, 5.74) is 0.610. The molecule has 0 saturated carbocycles. The molecule has 1 aromatic carbocycles. The van der Waals surface area contributed by atoms with E-state index in [-0.39, 0.29) is 24.5 Å². The lowest BCUT2D eigenvalue weighted by Gasteiger charge is -2.28. The van der Waals surface area contributed by atoms with Crippen LogP contribution in [0.25, 0.3) is 0 Å². The summed E-state index contributed by atoms with van der Waals surface area (Å²) < 4.78 is 6.39. The van der Waals surface area contributed by atoms with Crippen LogP contribution in [0.3, 0.4) is 0 Å². The smallest absolute Gasteiger partial charge is 0.338 e. The number of carbonyl (C=O) groups is 1. The minimum absolute atomic E-state index is 0. The number of ether oxygens (including phenoxy) is 1. The molecule has 0 spiro atoms. The molecule has 100 valence electrons. The van der Waals surface area contributed by atoms with E-state index in [4.69, 9.17) is 4.74 Å². The van der Waals surface area contributed by atoms with Gasteiger partial charge in [0.1, 0.15) is 6.10 Å². The molecule has 0 atom stereocenters. The van der Waals surface area contributed by atoms with Gasteiger partial charge in [-0.05, 0) is 38.1 Å². The van der Waals surface area contributed by atoms with E-state index in [9.17, 15) is 4.79 Å². The number of esters is 1. The molecular formula is C13H17BrClNO2. The van der Waals surface area contributed by atoms with Crippen LogP contribution < -0.4 is 0 Å². The SMILES string of the molecule is CN1CCC(OC(=O)c2cccc(Br)c2)CC1.Cl. The van der Waals surface area contributed by atoms with Crippen LogP contribution in [0.2, 0.25) is 0 Å². The van der Waals surface area contributed by atoms with Gasteiger partial charge in [-0.3, -0.25) is 0 Å². The van der Waals surface area contributed by atoms with Crippen molar-refractivity contribution in [2.75, 3.05) is 20.1 Å². The monoisotopic (exact) mass is 333 g/mol. The molecule has 1 fully saturated rings. The van der Waals surface area contributed by atoms with Crippen molar-refractivity contribution in [2.45, 2.75) is 18.9 Å². The molecule has 3 nitrogen and oxygen atoms in total. The van der Waals surface area contributed by atoms with E-state index in [1.165, 1.54) is 0 Å². The van der Waals surface area contributed by atoms with Crippen molar-refractivity contribution >= 4 is 34.3 Å². The maximum absolute atomic E-state index is 11.9. The van der Waals surface area contributed by atoms with E-state index in [1.807, 2.05) is 12.1 Å². The average Bonchev–Trinajstić information content (AvgIpc) is 2.32. The maximum atomic E-state index is 11.9. The minimum Gasteiger partial charge on any atom is -0.459 e. The summed E-state index contributed by atoms with van der Waals surface area (Å²) in [5.74, 6) is -0.221. The highest BCUT2D eigenvalue weighted by Gasteiger charge is 2.20. The van der Waals surface area contributed by atoms with Gasteiger partial charge in [-0.1, -0.05) is 22.0 Å². The average molecular weight is 335 g/mol. The molecule has 1 aromatic rings. The number of hydrogen-bond donors (Lipinski definition) is 0. The molecule has 1 aliphatic heterocycles. The summed E-state index contributed by atoms with van der Waals surface area (Å²) in [6, 6.07) is 7.31. The zero-order valence-corrected chi connectivity index (χ0v) is 12.7. The van der Waals surface area contributed by atoms with E-state index in [2.05, 4.69) is 27.9 Å². The summed E-state index contributed by atoms with van der Waals surface area (Å²) in [6.07, 6.45) is 1.92. The summed E-state index contributed by atoms with van der Waals surface area (Å²) >= 11 is 3.35. The van der Waals surface area contributed by atoms with E-state index in [1.54, 1.807) is 12.1 Å². The second-order valence-corrected chi connectivity index (χ2v) is 5.33. The summed E-state index contributed by atoms with van der Waals surface area (Å²) in [6.45, 7) is 1.99. The molecule has 1 aliphatic rings. The maximum Gasteiger partial charge on any atom is 0.338 e. The second kappa shape index (κ2) is 7.12. The molecule has 1 saturated heterocycles. The fourth-order valence-electron chi connectivity index (χ4n) is 1.94. The Bertz CT molecular complexity index is 406. The van der Waals surface area contributed by atoms with Crippen LogP contribution >= 0.6 is 28.3 Å². The van der Waals surface area contributed by atoms with Crippen molar-refractivity contribution in [3.63, 3.8) is 0 Å². The van der Waals surface area contributed by atoms with Crippen molar-refractivity contribution in [1.29, 1.82) is 0 Å².